The number of H-pyrrole nitrogens is 1. The fourth-order valence-electron chi connectivity index (χ4n) is 1.87. The summed E-state index contributed by atoms with van der Waals surface area (Å²) < 4.78 is 0.958. The first-order valence-corrected chi connectivity index (χ1v) is 5.86. The average molecular weight is 264 g/mol. The van der Waals surface area contributed by atoms with Gasteiger partial charge in [-0.3, -0.25) is 4.79 Å². The summed E-state index contributed by atoms with van der Waals surface area (Å²) in [5.41, 5.74) is 2.12. The molecule has 0 saturated heterocycles. The van der Waals surface area contributed by atoms with Crippen molar-refractivity contribution >= 4 is 26.8 Å². The van der Waals surface area contributed by atoms with Crippen molar-refractivity contribution in [2.75, 3.05) is 0 Å². The van der Waals surface area contributed by atoms with Gasteiger partial charge in [0, 0.05) is 21.6 Å². The van der Waals surface area contributed by atoms with Crippen LogP contribution in [0.15, 0.2) is 33.5 Å². The minimum atomic E-state index is 0.118. The standard InChI is InChI=1S/C12H10BrNO/c13-9-3-1-2-8-11(15)6-10(7-4-5-7)14-12(8)9/h1-3,6-7H,4-5H2,(H,14,15). The summed E-state index contributed by atoms with van der Waals surface area (Å²) in [6.07, 6.45) is 2.40. The van der Waals surface area contributed by atoms with E-state index in [1.165, 1.54) is 12.8 Å². The van der Waals surface area contributed by atoms with Crippen molar-refractivity contribution in [3.8, 4) is 0 Å². The molecule has 1 N–H and O–H groups in total. The van der Waals surface area contributed by atoms with Gasteiger partial charge in [-0.15, -0.1) is 0 Å². The van der Waals surface area contributed by atoms with E-state index >= 15 is 0 Å². The van der Waals surface area contributed by atoms with Gasteiger partial charge in [0.15, 0.2) is 5.43 Å². The number of benzene rings is 1. The van der Waals surface area contributed by atoms with Crippen molar-refractivity contribution in [1.29, 1.82) is 0 Å². The van der Waals surface area contributed by atoms with Gasteiger partial charge < -0.3 is 4.98 Å². The largest absolute Gasteiger partial charge is 0.357 e. The molecule has 1 aliphatic rings. The molecule has 2 nitrogen and oxygen atoms in total. The van der Waals surface area contributed by atoms with Gasteiger partial charge in [-0.25, -0.2) is 0 Å². The number of aromatic nitrogens is 1. The van der Waals surface area contributed by atoms with E-state index < -0.39 is 0 Å². The molecule has 1 aliphatic carbocycles. The third-order valence-electron chi connectivity index (χ3n) is 2.85. The molecule has 0 unspecified atom stereocenters. The Morgan fingerprint density at radius 2 is 2.13 bits per heavy atom. The Bertz CT molecular complexity index is 584. The number of aromatic amines is 1. The summed E-state index contributed by atoms with van der Waals surface area (Å²) in [6, 6.07) is 7.44. The fourth-order valence-corrected chi connectivity index (χ4v) is 2.34. The van der Waals surface area contributed by atoms with Crippen LogP contribution in [-0.4, -0.2) is 4.98 Å². The van der Waals surface area contributed by atoms with Crippen molar-refractivity contribution in [2.45, 2.75) is 18.8 Å². The second-order valence-electron chi connectivity index (χ2n) is 4.03. The molecule has 0 bridgehead atoms. The van der Waals surface area contributed by atoms with Gasteiger partial charge >= 0.3 is 0 Å². The molecule has 0 spiro atoms. The Kier molecular flexibility index (Phi) is 1.96. The van der Waals surface area contributed by atoms with Crippen LogP contribution in [0.5, 0.6) is 0 Å². The molecule has 1 saturated carbocycles. The predicted octanol–water partition coefficient (Wildman–Crippen LogP) is 3.17. The molecule has 1 aromatic heterocycles. The number of pyridine rings is 1. The molecular weight excluding hydrogens is 254 g/mol. The number of hydrogen-bond acceptors (Lipinski definition) is 1. The fraction of sp³-hybridized carbons (Fsp3) is 0.250. The summed E-state index contributed by atoms with van der Waals surface area (Å²) in [5, 5.41) is 0.758. The van der Waals surface area contributed by atoms with Crippen LogP contribution in [0.3, 0.4) is 0 Å². The van der Waals surface area contributed by atoms with Crippen LogP contribution in [0.1, 0.15) is 24.5 Å². The van der Waals surface area contributed by atoms with Gasteiger partial charge in [0.1, 0.15) is 0 Å². The first kappa shape index (κ1) is 9.16. The highest BCUT2D eigenvalue weighted by molar-refractivity contribution is 9.10. The molecule has 1 heterocycles. The Morgan fingerprint density at radius 3 is 2.87 bits per heavy atom. The lowest BCUT2D eigenvalue weighted by molar-refractivity contribution is 1.04. The van der Waals surface area contributed by atoms with E-state index in [0.29, 0.717) is 5.92 Å². The molecular formula is C12H10BrNO. The van der Waals surface area contributed by atoms with Crippen LogP contribution in [0.2, 0.25) is 0 Å². The Balaban J connectivity index is 2.37. The summed E-state index contributed by atoms with van der Waals surface area (Å²) in [6.45, 7) is 0. The SMILES string of the molecule is O=c1cc(C2CC2)[nH]c2c(Br)cccc12. The van der Waals surface area contributed by atoms with Crippen LogP contribution in [0.25, 0.3) is 10.9 Å². The number of para-hydroxylation sites is 1. The third kappa shape index (κ3) is 1.51. The first-order valence-electron chi connectivity index (χ1n) is 5.07. The zero-order chi connectivity index (χ0) is 10.4. The van der Waals surface area contributed by atoms with Gasteiger partial charge in [0.2, 0.25) is 0 Å². The van der Waals surface area contributed by atoms with Gasteiger partial charge in [0.25, 0.3) is 0 Å². The lowest BCUT2D eigenvalue weighted by atomic mass is 10.1. The highest BCUT2D eigenvalue weighted by Gasteiger charge is 2.25. The molecule has 3 heteroatoms. The zero-order valence-electron chi connectivity index (χ0n) is 8.09. The predicted molar refractivity (Wildman–Crippen MR) is 64.2 cm³/mol. The van der Waals surface area contributed by atoms with E-state index in [1.807, 2.05) is 18.2 Å². The molecule has 0 radical (unpaired) electrons. The normalized spacial score (nSPS) is 15.8. The Labute approximate surface area is 95.5 Å². The number of hydrogen-bond donors (Lipinski definition) is 1. The van der Waals surface area contributed by atoms with E-state index in [4.69, 9.17) is 0 Å². The molecule has 0 amide bonds. The smallest absolute Gasteiger partial charge is 0.189 e. The maximum atomic E-state index is 11.8. The van der Waals surface area contributed by atoms with Crippen molar-refractivity contribution in [2.24, 2.45) is 0 Å². The Morgan fingerprint density at radius 1 is 1.33 bits per heavy atom. The van der Waals surface area contributed by atoms with E-state index in [1.54, 1.807) is 6.07 Å². The number of rotatable bonds is 1. The topological polar surface area (TPSA) is 32.9 Å². The number of nitrogens with one attached hydrogen (secondary N) is 1. The second kappa shape index (κ2) is 3.20. The molecule has 76 valence electrons. The molecule has 1 aromatic carbocycles. The number of fused-ring (bicyclic) bond motifs is 1. The quantitative estimate of drug-likeness (QED) is 0.843. The van der Waals surface area contributed by atoms with Crippen molar-refractivity contribution in [3.05, 3.63) is 44.7 Å². The maximum absolute atomic E-state index is 11.8. The van der Waals surface area contributed by atoms with E-state index in [2.05, 4.69) is 20.9 Å². The van der Waals surface area contributed by atoms with Gasteiger partial charge in [-0.05, 0) is 46.8 Å². The summed E-state index contributed by atoms with van der Waals surface area (Å²) in [4.78, 5) is 15.2. The summed E-state index contributed by atoms with van der Waals surface area (Å²) >= 11 is 3.46. The van der Waals surface area contributed by atoms with Crippen LogP contribution >= 0.6 is 15.9 Å². The van der Waals surface area contributed by atoms with Crippen LogP contribution in [-0.2, 0) is 0 Å². The second-order valence-corrected chi connectivity index (χ2v) is 4.88. The van der Waals surface area contributed by atoms with Gasteiger partial charge in [-0.2, -0.15) is 0 Å². The van der Waals surface area contributed by atoms with Crippen LogP contribution in [0.4, 0.5) is 0 Å². The van der Waals surface area contributed by atoms with Gasteiger partial charge in [0.05, 0.1) is 5.52 Å². The molecule has 15 heavy (non-hydrogen) atoms. The summed E-state index contributed by atoms with van der Waals surface area (Å²) in [7, 11) is 0. The van der Waals surface area contributed by atoms with E-state index in [9.17, 15) is 4.79 Å². The molecule has 1 fully saturated rings. The summed E-state index contributed by atoms with van der Waals surface area (Å²) in [5.74, 6) is 0.578. The van der Waals surface area contributed by atoms with E-state index in [0.717, 1.165) is 21.1 Å². The zero-order valence-corrected chi connectivity index (χ0v) is 9.67. The van der Waals surface area contributed by atoms with Crippen LogP contribution < -0.4 is 5.43 Å². The Hall–Kier alpha value is -1.09. The van der Waals surface area contributed by atoms with Crippen molar-refractivity contribution < 1.29 is 0 Å². The third-order valence-corrected chi connectivity index (χ3v) is 3.51. The minimum absolute atomic E-state index is 0.118. The lowest BCUT2D eigenvalue weighted by Crippen LogP contribution is -2.04. The molecule has 2 aromatic rings. The molecule has 0 aliphatic heterocycles. The highest BCUT2D eigenvalue weighted by Crippen LogP contribution is 2.39. The highest BCUT2D eigenvalue weighted by atomic mass is 79.9. The average Bonchev–Trinajstić information content (AvgIpc) is 3.02. The van der Waals surface area contributed by atoms with E-state index in [-0.39, 0.29) is 5.43 Å². The monoisotopic (exact) mass is 263 g/mol. The number of halogens is 1. The minimum Gasteiger partial charge on any atom is -0.357 e. The van der Waals surface area contributed by atoms with Gasteiger partial charge in [-0.1, -0.05) is 6.07 Å². The first-order chi connectivity index (χ1) is 7.25. The lowest BCUT2D eigenvalue weighted by Gasteiger charge is -2.04. The molecule has 3 rings (SSSR count). The van der Waals surface area contributed by atoms with Crippen molar-refractivity contribution in [1.82, 2.24) is 4.98 Å². The van der Waals surface area contributed by atoms with Crippen LogP contribution in [0, 0.1) is 0 Å². The molecule has 0 atom stereocenters. The maximum Gasteiger partial charge on any atom is 0.189 e. The van der Waals surface area contributed by atoms with Crippen molar-refractivity contribution in [3.63, 3.8) is 0 Å².